The Balaban J connectivity index is 1.34. The molecular weight excluding hydrogens is 354 g/mol. The van der Waals surface area contributed by atoms with Crippen LogP contribution in [-0.2, 0) is 24.2 Å². The summed E-state index contributed by atoms with van der Waals surface area (Å²) >= 11 is 0. The zero-order valence-corrected chi connectivity index (χ0v) is 16.5. The number of fused-ring (bicyclic) bond motifs is 1. The van der Waals surface area contributed by atoms with E-state index >= 15 is 0 Å². The number of amides is 1. The predicted octanol–water partition coefficient (Wildman–Crippen LogP) is 1.42. The van der Waals surface area contributed by atoms with Crippen molar-refractivity contribution >= 4 is 5.91 Å². The summed E-state index contributed by atoms with van der Waals surface area (Å²) in [5.41, 5.74) is 1.28. The van der Waals surface area contributed by atoms with Crippen LogP contribution in [0.5, 0.6) is 0 Å². The van der Waals surface area contributed by atoms with Gasteiger partial charge in [-0.2, -0.15) is 0 Å². The minimum absolute atomic E-state index is 0.101. The van der Waals surface area contributed by atoms with Crippen molar-refractivity contribution in [1.29, 1.82) is 0 Å². The molecule has 1 aromatic heterocycles. The molecular formula is C21H29N5O2. The number of aryl methyl sites for hydroxylation is 1. The SMILES string of the molecule is CN1C[C@H](O)C[C@H]1c1nnc2n1CCN(C(=O)CCCc1ccccc1)CC2. The Kier molecular flexibility index (Phi) is 5.73. The second kappa shape index (κ2) is 8.41. The molecule has 2 atom stereocenters. The number of rotatable bonds is 5. The third-order valence-electron chi connectivity index (χ3n) is 5.93. The van der Waals surface area contributed by atoms with Gasteiger partial charge in [0, 0.05) is 39.0 Å². The molecule has 4 rings (SSSR count). The first kappa shape index (κ1) is 19.1. The Bertz CT molecular complexity index is 806. The number of carbonyl (C=O) groups excluding carboxylic acids is 1. The van der Waals surface area contributed by atoms with Gasteiger partial charge in [0.1, 0.15) is 5.82 Å². The highest BCUT2D eigenvalue weighted by Gasteiger charge is 2.34. The van der Waals surface area contributed by atoms with Crippen LogP contribution < -0.4 is 0 Å². The van der Waals surface area contributed by atoms with E-state index in [4.69, 9.17) is 0 Å². The van der Waals surface area contributed by atoms with Gasteiger partial charge in [0.15, 0.2) is 5.82 Å². The summed E-state index contributed by atoms with van der Waals surface area (Å²) in [5, 5.41) is 18.8. The maximum absolute atomic E-state index is 12.7. The summed E-state index contributed by atoms with van der Waals surface area (Å²) in [6.07, 6.45) is 3.51. The Morgan fingerprint density at radius 1 is 1.18 bits per heavy atom. The summed E-state index contributed by atoms with van der Waals surface area (Å²) in [6.45, 7) is 2.79. The molecule has 1 aromatic carbocycles. The standard InChI is InChI=1S/C21H29N5O2/c1-24-15-17(27)14-18(24)21-23-22-19-10-11-25(12-13-26(19)21)20(28)9-5-8-16-6-3-2-4-7-16/h2-4,6-7,17-18,27H,5,8-15H2,1H3/t17-,18+/m1/s1. The van der Waals surface area contributed by atoms with Gasteiger partial charge in [-0.3, -0.25) is 9.69 Å². The molecule has 2 aromatic rings. The summed E-state index contributed by atoms with van der Waals surface area (Å²) < 4.78 is 2.16. The van der Waals surface area contributed by atoms with Gasteiger partial charge < -0.3 is 14.6 Å². The number of aliphatic hydroxyl groups is 1. The van der Waals surface area contributed by atoms with Crippen LogP contribution in [0.3, 0.4) is 0 Å². The second-order valence-corrected chi connectivity index (χ2v) is 7.94. The molecule has 0 bridgehead atoms. The van der Waals surface area contributed by atoms with Gasteiger partial charge in [-0.25, -0.2) is 0 Å². The second-order valence-electron chi connectivity index (χ2n) is 7.94. The zero-order chi connectivity index (χ0) is 19.5. The van der Waals surface area contributed by atoms with Crippen molar-refractivity contribution in [2.45, 2.75) is 50.8 Å². The number of carbonyl (C=O) groups is 1. The van der Waals surface area contributed by atoms with Gasteiger partial charge in [-0.1, -0.05) is 30.3 Å². The lowest BCUT2D eigenvalue weighted by molar-refractivity contribution is -0.131. The fourth-order valence-electron chi connectivity index (χ4n) is 4.36. The first-order chi connectivity index (χ1) is 13.6. The number of nitrogens with zero attached hydrogens (tertiary/aromatic N) is 5. The first-order valence-corrected chi connectivity index (χ1v) is 10.2. The van der Waals surface area contributed by atoms with Gasteiger partial charge in [0.25, 0.3) is 0 Å². The van der Waals surface area contributed by atoms with E-state index in [9.17, 15) is 9.90 Å². The Labute approximate surface area is 166 Å². The van der Waals surface area contributed by atoms with Crippen molar-refractivity contribution in [3.63, 3.8) is 0 Å². The van der Waals surface area contributed by atoms with Gasteiger partial charge in [0.2, 0.25) is 5.91 Å². The highest BCUT2D eigenvalue weighted by molar-refractivity contribution is 5.76. The number of β-amino-alcohol motifs (C(OH)–C–C–N with tert-alkyl or cyclic N) is 1. The molecule has 3 heterocycles. The lowest BCUT2D eigenvalue weighted by Crippen LogP contribution is -2.33. The van der Waals surface area contributed by atoms with Gasteiger partial charge in [-0.05, 0) is 31.9 Å². The molecule has 1 fully saturated rings. The van der Waals surface area contributed by atoms with E-state index in [2.05, 4.69) is 31.8 Å². The van der Waals surface area contributed by atoms with Crippen molar-refractivity contribution in [3.05, 3.63) is 47.5 Å². The summed E-state index contributed by atoms with van der Waals surface area (Å²) in [7, 11) is 2.02. The number of benzene rings is 1. The predicted molar refractivity (Wildman–Crippen MR) is 106 cm³/mol. The molecule has 1 saturated heterocycles. The summed E-state index contributed by atoms with van der Waals surface area (Å²) in [6, 6.07) is 10.4. The molecule has 7 heteroatoms. The highest BCUT2D eigenvalue weighted by Crippen LogP contribution is 2.30. The molecule has 0 unspecified atom stereocenters. The molecule has 0 radical (unpaired) electrons. The van der Waals surface area contributed by atoms with E-state index in [-0.39, 0.29) is 18.1 Å². The Morgan fingerprint density at radius 2 is 2.00 bits per heavy atom. The van der Waals surface area contributed by atoms with Crippen LogP contribution in [0.2, 0.25) is 0 Å². The van der Waals surface area contributed by atoms with E-state index in [0.717, 1.165) is 37.5 Å². The molecule has 1 N–H and O–H groups in total. The topological polar surface area (TPSA) is 74.5 Å². The molecule has 0 saturated carbocycles. The zero-order valence-electron chi connectivity index (χ0n) is 16.5. The van der Waals surface area contributed by atoms with Crippen molar-refractivity contribution in [2.75, 3.05) is 26.7 Å². The fourth-order valence-corrected chi connectivity index (χ4v) is 4.36. The minimum atomic E-state index is -0.309. The maximum atomic E-state index is 12.7. The van der Waals surface area contributed by atoms with Crippen LogP contribution in [0.15, 0.2) is 30.3 Å². The van der Waals surface area contributed by atoms with Crippen molar-refractivity contribution in [3.8, 4) is 0 Å². The maximum Gasteiger partial charge on any atom is 0.222 e. The number of likely N-dealkylation sites (N-methyl/N-ethyl adjacent to an activating group) is 1. The largest absolute Gasteiger partial charge is 0.392 e. The molecule has 0 aliphatic carbocycles. The van der Waals surface area contributed by atoms with Crippen LogP contribution >= 0.6 is 0 Å². The lowest BCUT2D eigenvalue weighted by atomic mass is 10.1. The van der Waals surface area contributed by atoms with Gasteiger partial charge >= 0.3 is 0 Å². The third-order valence-corrected chi connectivity index (χ3v) is 5.93. The van der Waals surface area contributed by atoms with Gasteiger partial charge in [0.05, 0.1) is 12.1 Å². The average molecular weight is 383 g/mol. The normalized spacial score (nSPS) is 22.9. The molecule has 1 amide bonds. The van der Waals surface area contributed by atoms with E-state index in [0.29, 0.717) is 32.5 Å². The fraction of sp³-hybridized carbons (Fsp3) is 0.571. The number of likely N-dealkylation sites (tertiary alicyclic amines) is 1. The van der Waals surface area contributed by atoms with Crippen LogP contribution in [-0.4, -0.2) is 68.4 Å². The quantitative estimate of drug-likeness (QED) is 0.845. The van der Waals surface area contributed by atoms with Crippen molar-refractivity contribution in [2.24, 2.45) is 0 Å². The number of aromatic nitrogens is 3. The first-order valence-electron chi connectivity index (χ1n) is 10.2. The van der Waals surface area contributed by atoms with E-state index in [1.807, 2.05) is 30.1 Å². The highest BCUT2D eigenvalue weighted by atomic mass is 16.3. The lowest BCUT2D eigenvalue weighted by Gasteiger charge is -2.21. The Morgan fingerprint density at radius 3 is 2.75 bits per heavy atom. The average Bonchev–Trinajstić information content (AvgIpc) is 3.16. The molecule has 2 aliphatic rings. The van der Waals surface area contributed by atoms with Crippen LogP contribution in [0.4, 0.5) is 0 Å². The Hall–Kier alpha value is -2.25. The van der Waals surface area contributed by atoms with E-state index in [1.165, 1.54) is 5.56 Å². The number of aliphatic hydroxyl groups excluding tert-OH is 1. The molecule has 7 nitrogen and oxygen atoms in total. The third kappa shape index (κ3) is 4.10. The molecule has 2 aliphatic heterocycles. The number of hydrogen-bond acceptors (Lipinski definition) is 5. The molecule has 150 valence electrons. The minimum Gasteiger partial charge on any atom is -0.392 e. The summed E-state index contributed by atoms with van der Waals surface area (Å²) in [4.78, 5) is 16.8. The monoisotopic (exact) mass is 383 g/mol. The van der Waals surface area contributed by atoms with Crippen LogP contribution in [0.1, 0.15) is 42.5 Å². The smallest absolute Gasteiger partial charge is 0.222 e. The van der Waals surface area contributed by atoms with Crippen LogP contribution in [0, 0.1) is 0 Å². The molecule has 0 spiro atoms. The van der Waals surface area contributed by atoms with Crippen LogP contribution in [0.25, 0.3) is 0 Å². The van der Waals surface area contributed by atoms with Crippen molar-refractivity contribution < 1.29 is 9.90 Å². The van der Waals surface area contributed by atoms with Crippen molar-refractivity contribution in [1.82, 2.24) is 24.6 Å². The molecule has 28 heavy (non-hydrogen) atoms. The van der Waals surface area contributed by atoms with E-state index < -0.39 is 0 Å². The van der Waals surface area contributed by atoms with E-state index in [1.54, 1.807) is 0 Å². The summed E-state index contributed by atoms with van der Waals surface area (Å²) in [5.74, 6) is 2.10. The van der Waals surface area contributed by atoms with Gasteiger partial charge in [-0.15, -0.1) is 10.2 Å². The number of hydrogen-bond donors (Lipinski definition) is 1.